The highest BCUT2D eigenvalue weighted by Crippen LogP contribution is 2.13. The zero-order valence-corrected chi connectivity index (χ0v) is 10.9. The van der Waals surface area contributed by atoms with Crippen LogP contribution >= 0.6 is 0 Å². The largest absolute Gasteiger partial charge is 0.370 e. The van der Waals surface area contributed by atoms with Crippen LogP contribution in [0.3, 0.4) is 0 Å². The number of hydrogen-bond donors (Lipinski definition) is 2. The molecule has 100 valence electrons. The van der Waals surface area contributed by atoms with Gasteiger partial charge in [0.05, 0.1) is 12.4 Å². The molecule has 0 amide bonds. The monoisotopic (exact) mass is 280 g/mol. The highest BCUT2D eigenvalue weighted by Gasteiger charge is 2.16. The number of nitrogens with one attached hydrogen (secondary N) is 2. The van der Waals surface area contributed by atoms with Gasteiger partial charge in [-0.1, -0.05) is 0 Å². The number of anilines is 2. The molecule has 2 rings (SSSR count). The molecule has 0 aromatic carbocycles. The first kappa shape index (κ1) is 13.1. The maximum absolute atomic E-state index is 12.0. The molecule has 0 aliphatic carbocycles. The van der Waals surface area contributed by atoms with Gasteiger partial charge in [-0.15, -0.1) is 5.10 Å². The second-order valence-corrected chi connectivity index (χ2v) is 5.16. The summed E-state index contributed by atoms with van der Waals surface area (Å²) in [4.78, 5) is 7.76. The fraction of sp³-hybridized carbons (Fsp3) is 0.200. The van der Waals surface area contributed by atoms with E-state index in [1.807, 2.05) is 6.92 Å². The molecular weight excluding hydrogens is 268 g/mol. The highest BCUT2D eigenvalue weighted by molar-refractivity contribution is 7.92. The molecule has 0 radical (unpaired) electrons. The summed E-state index contributed by atoms with van der Waals surface area (Å²) < 4.78 is 26.2. The van der Waals surface area contributed by atoms with Crippen LogP contribution in [0.1, 0.15) is 6.92 Å². The summed E-state index contributed by atoms with van der Waals surface area (Å²) in [6.45, 7) is 2.63. The summed E-state index contributed by atoms with van der Waals surface area (Å²) in [5.41, 5.74) is 0. The Kier molecular flexibility index (Phi) is 3.85. The van der Waals surface area contributed by atoms with Crippen LogP contribution in [0.4, 0.5) is 11.8 Å². The van der Waals surface area contributed by atoms with Gasteiger partial charge in [0.25, 0.3) is 16.0 Å². The van der Waals surface area contributed by atoms with E-state index >= 15 is 0 Å². The SMILES string of the molecule is CCNc1ccc(S(=O)(=O)Nc2nccnn2)cn1. The van der Waals surface area contributed by atoms with E-state index in [2.05, 4.69) is 30.2 Å². The summed E-state index contributed by atoms with van der Waals surface area (Å²) in [6.07, 6.45) is 3.96. The third-order valence-electron chi connectivity index (χ3n) is 2.11. The zero-order chi connectivity index (χ0) is 13.7. The van der Waals surface area contributed by atoms with Crippen LogP contribution in [-0.4, -0.2) is 35.1 Å². The van der Waals surface area contributed by atoms with E-state index in [-0.39, 0.29) is 10.8 Å². The summed E-state index contributed by atoms with van der Waals surface area (Å²) in [5, 5.41) is 10.1. The topological polar surface area (TPSA) is 110 Å². The van der Waals surface area contributed by atoms with Gasteiger partial charge in [0.2, 0.25) is 0 Å². The summed E-state index contributed by atoms with van der Waals surface area (Å²) in [7, 11) is -3.75. The molecule has 0 saturated heterocycles. The third kappa shape index (κ3) is 3.35. The molecule has 0 aliphatic heterocycles. The van der Waals surface area contributed by atoms with Crippen molar-refractivity contribution in [2.75, 3.05) is 16.6 Å². The summed E-state index contributed by atoms with van der Waals surface area (Å²) in [5.74, 6) is 0.525. The Balaban J connectivity index is 2.20. The van der Waals surface area contributed by atoms with Gasteiger partial charge < -0.3 is 5.32 Å². The molecule has 0 atom stereocenters. The lowest BCUT2D eigenvalue weighted by atomic mass is 10.4. The van der Waals surface area contributed by atoms with Crippen LogP contribution in [0.5, 0.6) is 0 Å². The second-order valence-electron chi connectivity index (χ2n) is 3.48. The van der Waals surface area contributed by atoms with E-state index in [0.717, 1.165) is 0 Å². The van der Waals surface area contributed by atoms with Crippen LogP contribution in [0.2, 0.25) is 0 Å². The maximum atomic E-state index is 12.0. The van der Waals surface area contributed by atoms with Crippen molar-refractivity contribution in [1.82, 2.24) is 20.2 Å². The molecule has 19 heavy (non-hydrogen) atoms. The third-order valence-corrected chi connectivity index (χ3v) is 3.43. The fourth-order valence-corrected chi connectivity index (χ4v) is 2.19. The molecule has 0 aliphatic rings. The average molecular weight is 280 g/mol. The minimum atomic E-state index is -3.75. The Morgan fingerprint density at radius 3 is 2.63 bits per heavy atom. The van der Waals surface area contributed by atoms with Crippen LogP contribution in [0.25, 0.3) is 0 Å². The quantitative estimate of drug-likeness (QED) is 0.820. The first-order valence-electron chi connectivity index (χ1n) is 5.48. The number of rotatable bonds is 5. The van der Waals surface area contributed by atoms with E-state index in [1.54, 1.807) is 6.07 Å². The predicted octanol–water partition coefficient (Wildman–Crippen LogP) is 0.499. The Morgan fingerprint density at radius 1 is 1.21 bits per heavy atom. The molecule has 2 aromatic heterocycles. The van der Waals surface area contributed by atoms with Crippen molar-refractivity contribution < 1.29 is 8.42 Å². The van der Waals surface area contributed by atoms with Gasteiger partial charge in [0.1, 0.15) is 10.7 Å². The second kappa shape index (κ2) is 5.57. The van der Waals surface area contributed by atoms with E-state index in [9.17, 15) is 8.42 Å². The molecule has 2 heterocycles. The molecule has 0 fully saturated rings. The lowest BCUT2D eigenvalue weighted by Gasteiger charge is -2.06. The molecule has 8 nitrogen and oxygen atoms in total. The smallest absolute Gasteiger partial charge is 0.265 e. The van der Waals surface area contributed by atoms with Gasteiger partial charge in [0.15, 0.2) is 0 Å². The van der Waals surface area contributed by atoms with Crippen molar-refractivity contribution >= 4 is 21.8 Å². The first-order chi connectivity index (χ1) is 9.12. The van der Waals surface area contributed by atoms with E-state index in [4.69, 9.17) is 0 Å². The average Bonchev–Trinajstić information content (AvgIpc) is 2.40. The number of hydrogen-bond acceptors (Lipinski definition) is 7. The minimum Gasteiger partial charge on any atom is -0.370 e. The van der Waals surface area contributed by atoms with Crippen LogP contribution in [0, 0.1) is 0 Å². The standard InChI is InChI=1S/C10H12N6O2S/c1-2-11-9-4-3-8(7-13-9)19(17,18)16-10-12-5-6-14-15-10/h3-7H,2H2,1H3,(H,11,13)(H,12,15,16). The molecule has 9 heteroatoms. The molecule has 2 aromatic rings. The van der Waals surface area contributed by atoms with Crippen LogP contribution < -0.4 is 10.0 Å². The predicted molar refractivity (Wildman–Crippen MR) is 69.0 cm³/mol. The van der Waals surface area contributed by atoms with Crippen molar-refractivity contribution in [2.24, 2.45) is 0 Å². The fourth-order valence-electron chi connectivity index (χ4n) is 1.30. The van der Waals surface area contributed by atoms with E-state index in [0.29, 0.717) is 12.4 Å². The first-order valence-corrected chi connectivity index (χ1v) is 6.96. The van der Waals surface area contributed by atoms with Gasteiger partial charge in [-0.2, -0.15) is 5.10 Å². The van der Waals surface area contributed by atoms with Gasteiger partial charge in [-0.3, -0.25) is 0 Å². The number of sulfonamides is 1. The summed E-state index contributed by atoms with van der Waals surface area (Å²) >= 11 is 0. The van der Waals surface area contributed by atoms with Crippen molar-refractivity contribution in [3.05, 3.63) is 30.7 Å². The maximum Gasteiger partial charge on any atom is 0.265 e. The molecule has 2 N–H and O–H groups in total. The van der Waals surface area contributed by atoms with Crippen LogP contribution in [0.15, 0.2) is 35.6 Å². The van der Waals surface area contributed by atoms with Crippen LogP contribution in [-0.2, 0) is 10.0 Å². The number of aromatic nitrogens is 4. The van der Waals surface area contributed by atoms with E-state index < -0.39 is 10.0 Å². The molecule has 0 bridgehead atoms. The van der Waals surface area contributed by atoms with Gasteiger partial charge in [-0.05, 0) is 19.1 Å². The molecular formula is C10H12N6O2S. The number of pyridine rings is 1. The van der Waals surface area contributed by atoms with Gasteiger partial charge in [-0.25, -0.2) is 23.1 Å². The van der Waals surface area contributed by atoms with Crippen molar-refractivity contribution in [1.29, 1.82) is 0 Å². The Labute approximate surface area is 110 Å². The normalized spacial score (nSPS) is 11.0. The zero-order valence-electron chi connectivity index (χ0n) is 10.1. The Hall–Kier alpha value is -2.29. The molecule has 0 saturated carbocycles. The Morgan fingerprint density at radius 2 is 2.05 bits per heavy atom. The minimum absolute atomic E-state index is 0.0293. The van der Waals surface area contributed by atoms with Gasteiger partial charge >= 0.3 is 0 Å². The van der Waals surface area contributed by atoms with Gasteiger partial charge in [0, 0.05) is 12.7 Å². The Bertz CT molecular complexity index is 629. The van der Waals surface area contributed by atoms with Crippen molar-refractivity contribution in [3.63, 3.8) is 0 Å². The summed E-state index contributed by atoms with van der Waals surface area (Å²) in [6, 6.07) is 3.03. The van der Waals surface area contributed by atoms with Crippen molar-refractivity contribution in [2.45, 2.75) is 11.8 Å². The number of nitrogens with zero attached hydrogens (tertiary/aromatic N) is 4. The lowest BCUT2D eigenvalue weighted by Crippen LogP contribution is -2.15. The molecule has 0 unspecified atom stereocenters. The molecule has 0 spiro atoms. The van der Waals surface area contributed by atoms with E-state index in [1.165, 1.54) is 24.7 Å². The lowest BCUT2D eigenvalue weighted by molar-refractivity contribution is 0.600. The van der Waals surface area contributed by atoms with Crippen molar-refractivity contribution in [3.8, 4) is 0 Å². The highest BCUT2D eigenvalue weighted by atomic mass is 32.2.